The van der Waals surface area contributed by atoms with Gasteiger partial charge in [0.1, 0.15) is 31.2 Å². The highest BCUT2D eigenvalue weighted by Crippen LogP contribution is 2.12. The number of hydrogen-bond donors (Lipinski definition) is 2. The molecule has 8 heteroatoms. The molecule has 2 aromatic heterocycles. The van der Waals surface area contributed by atoms with Crippen LogP contribution in [0.25, 0.3) is 0 Å². The van der Waals surface area contributed by atoms with E-state index in [1.165, 1.54) is 16.2 Å². The number of carbonyl (C=O) groups is 1. The topological polar surface area (TPSA) is 76.7 Å². The number of piperazine rings is 1. The number of H-pyrrole nitrogens is 1. The van der Waals surface area contributed by atoms with Crippen LogP contribution >= 0.6 is 11.3 Å². The maximum Gasteiger partial charge on any atom is 0.281 e. The SMILES string of the molecule is Cc1nnc(NC(=O)C[NH+]2CCN(c3cccc[nH+]3)CC2)s1. The van der Waals surface area contributed by atoms with Gasteiger partial charge in [0.25, 0.3) is 11.7 Å². The summed E-state index contributed by atoms with van der Waals surface area (Å²) in [5, 5.41) is 12.1. The predicted molar refractivity (Wildman–Crippen MR) is 84.1 cm³/mol. The standard InChI is InChI=1S/C14H18N6OS/c1-11-17-18-14(22-11)16-13(21)10-19-6-8-20(9-7-19)12-4-2-3-5-15-12/h2-5H,6-10H2,1H3,(H,16,18,21)/p+2. The number of carbonyl (C=O) groups excluding carboxylic acids is 1. The number of aromatic amines is 1. The summed E-state index contributed by atoms with van der Waals surface area (Å²) in [5.74, 6) is 1.14. The summed E-state index contributed by atoms with van der Waals surface area (Å²) in [6.45, 7) is 6.14. The Kier molecular flexibility index (Phi) is 4.59. The Morgan fingerprint density at radius 1 is 1.41 bits per heavy atom. The molecule has 0 atom stereocenters. The molecule has 0 saturated carbocycles. The zero-order chi connectivity index (χ0) is 15.4. The van der Waals surface area contributed by atoms with Crippen molar-refractivity contribution in [3.05, 3.63) is 29.4 Å². The molecule has 22 heavy (non-hydrogen) atoms. The summed E-state index contributed by atoms with van der Waals surface area (Å²) in [7, 11) is 0. The summed E-state index contributed by atoms with van der Waals surface area (Å²) in [4.78, 5) is 18.9. The van der Waals surface area contributed by atoms with Crippen molar-refractivity contribution in [2.24, 2.45) is 0 Å². The van der Waals surface area contributed by atoms with Crippen LogP contribution < -0.4 is 20.1 Å². The zero-order valence-electron chi connectivity index (χ0n) is 12.5. The molecule has 2 aromatic rings. The molecular weight excluding hydrogens is 300 g/mol. The second-order valence-corrected chi connectivity index (χ2v) is 6.52. The van der Waals surface area contributed by atoms with Crippen LogP contribution in [0.15, 0.2) is 24.4 Å². The van der Waals surface area contributed by atoms with Gasteiger partial charge in [0.15, 0.2) is 6.54 Å². The fourth-order valence-corrected chi connectivity index (χ4v) is 3.17. The number of aryl methyl sites for hydroxylation is 1. The molecule has 1 amide bonds. The maximum atomic E-state index is 12.0. The molecule has 0 radical (unpaired) electrons. The lowest BCUT2D eigenvalue weighted by molar-refractivity contribution is -0.892. The first-order chi connectivity index (χ1) is 10.7. The van der Waals surface area contributed by atoms with Crippen molar-refractivity contribution in [2.45, 2.75) is 6.92 Å². The third-order valence-corrected chi connectivity index (χ3v) is 4.44. The quantitative estimate of drug-likeness (QED) is 0.758. The Balaban J connectivity index is 1.46. The Labute approximate surface area is 133 Å². The normalized spacial score (nSPS) is 15.8. The molecule has 0 unspecified atom stereocenters. The van der Waals surface area contributed by atoms with Crippen LogP contribution in [0.3, 0.4) is 0 Å². The minimum Gasteiger partial charge on any atom is -0.321 e. The van der Waals surface area contributed by atoms with Crippen LogP contribution in [-0.2, 0) is 4.79 Å². The third-order valence-electron chi connectivity index (χ3n) is 3.69. The summed E-state index contributed by atoms with van der Waals surface area (Å²) in [6, 6.07) is 6.09. The summed E-state index contributed by atoms with van der Waals surface area (Å²) in [5.41, 5.74) is 0. The fourth-order valence-electron chi connectivity index (χ4n) is 2.56. The van der Waals surface area contributed by atoms with E-state index in [0.29, 0.717) is 11.7 Å². The van der Waals surface area contributed by atoms with Crippen molar-refractivity contribution >= 4 is 28.2 Å². The molecule has 1 saturated heterocycles. The molecule has 3 N–H and O–H groups in total. The number of nitrogens with one attached hydrogen (secondary N) is 3. The van der Waals surface area contributed by atoms with Gasteiger partial charge >= 0.3 is 0 Å². The van der Waals surface area contributed by atoms with Gasteiger partial charge in [-0.1, -0.05) is 17.4 Å². The first kappa shape index (κ1) is 14.9. The zero-order valence-corrected chi connectivity index (χ0v) is 13.3. The molecule has 0 bridgehead atoms. The van der Waals surface area contributed by atoms with Crippen LogP contribution in [0.2, 0.25) is 0 Å². The van der Waals surface area contributed by atoms with Crippen molar-refractivity contribution in [1.82, 2.24) is 10.2 Å². The molecular formula is C14H20N6OS+2. The average Bonchev–Trinajstić information content (AvgIpc) is 2.94. The fraction of sp³-hybridized carbons (Fsp3) is 0.429. The van der Waals surface area contributed by atoms with E-state index in [9.17, 15) is 4.79 Å². The van der Waals surface area contributed by atoms with E-state index in [2.05, 4.69) is 31.5 Å². The van der Waals surface area contributed by atoms with Crippen molar-refractivity contribution in [2.75, 3.05) is 42.9 Å². The molecule has 116 valence electrons. The number of nitrogens with zero attached hydrogens (tertiary/aromatic N) is 3. The molecule has 0 aromatic carbocycles. The summed E-state index contributed by atoms with van der Waals surface area (Å²) < 4.78 is 0. The molecule has 1 aliphatic rings. The van der Waals surface area contributed by atoms with E-state index in [1.807, 2.05) is 25.3 Å². The number of aromatic nitrogens is 3. The van der Waals surface area contributed by atoms with E-state index in [-0.39, 0.29) is 5.91 Å². The van der Waals surface area contributed by atoms with Crippen LogP contribution in [0.5, 0.6) is 0 Å². The van der Waals surface area contributed by atoms with Gasteiger partial charge < -0.3 is 4.90 Å². The van der Waals surface area contributed by atoms with Crippen molar-refractivity contribution in [3.63, 3.8) is 0 Å². The molecule has 7 nitrogen and oxygen atoms in total. The highest BCUT2D eigenvalue weighted by atomic mass is 32.1. The number of pyridine rings is 1. The van der Waals surface area contributed by atoms with Gasteiger partial charge in [0.05, 0.1) is 6.20 Å². The summed E-state index contributed by atoms with van der Waals surface area (Å²) >= 11 is 1.40. The Morgan fingerprint density at radius 3 is 2.86 bits per heavy atom. The Hall–Kier alpha value is -2.06. The van der Waals surface area contributed by atoms with Gasteiger partial charge in [-0.3, -0.25) is 15.0 Å². The van der Waals surface area contributed by atoms with Gasteiger partial charge in [-0.05, 0) is 13.0 Å². The van der Waals surface area contributed by atoms with E-state index in [4.69, 9.17) is 0 Å². The number of amides is 1. The summed E-state index contributed by atoms with van der Waals surface area (Å²) in [6.07, 6.45) is 1.94. The van der Waals surface area contributed by atoms with Crippen LogP contribution in [0.4, 0.5) is 10.9 Å². The van der Waals surface area contributed by atoms with Crippen LogP contribution in [-0.4, -0.2) is 48.8 Å². The van der Waals surface area contributed by atoms with Gasteiger partial charge in [-0.25, -0.2) is 4.98 Å². The molecule has 0 spiro atoms. The molecule has 0 aliphatic carbocycles. The van der Waals surface area contributed by atoms with Crippen LogP contribution in [0, 0.1) is 6.92 Å². The molecule has 3 rings (SSSR count). The highest BCUT2D eigenvalue weighted by molar-refractivity contribution is 7.15. The molecule has 1 fully saturated rings. The van der Waals surface area contributed by atoms with Crippen LogP contribution in [0.1, 0.15) is 5.01 Å². The number of hydrogen-bond acceptors (Lipinski definition) is 5. The number of quaternary nitrogens is 1. The van der Waals surface area contributed by atoms with Crippen molar-refractivity contribution < 1.29 is 14.7 Å². The minimum absolute atomic E-state index is 0.00544. The lowest BCUT2D eigenvalue weighted by atomic mass is 10.3. The highest BCUT2D eigenvalue weighted by Gasteiger charge is 2.27. The lowest BCUT2D eigenvalue weighted by Gasteiger charge is -2.27. The predicted octanol–water partition coefficient (Wildman–Crippen LogP) is -0.996. The monoisotopic (exact) mass is 320 g/mol. The second kappa shape index (κ2) is 6.80. The first-order valence-electron chi connectivity index (χ1n) is 7.36. The van der Waals surface area contributed by atoms with E-state index < -0.39 is 0 Å². The maximum absolute atomic E-state index is 12.0. The Bertz CT molecular complexity index is 623. The van der Waals surface area contributed by atoms with Gasteiger partial charge in [0, 0.05) is 6.07 Å². The van der Waals surface area contributed by atoms with E-state index >= 15 is 0 Å². The van der Waals surface area contributed by atoms with Crippen molar-refractivity contribution in [3.8, 4) is 0 Å². The van der Waals surface area contributed by atoms with Gasteiger partial charge in [-0.2, -0.15) is 0 Å². The van der Waals surface area contributed by atoms with Crippen molar-refractivity contribution in [1.29, 1.82) is 0 Å². The van der Waals surface area contributed by atoms with Gasteiger partial charge in [-0.15, -0.1) is 10.2 Å². The second-order valence-electron chi connectivity index (χ2n) is 5.34. The lowest BCUT2D eigenvalue weighted by Crippen LogP contribution is -3.15. The first-order valence-corrected chi connectivity index (χ1v) is 8.17. The average molecular weight is 320 g/mol. The molecule has 1 aliphatic heterocycles. The van der Waals surface area contributed by atoms with Gasteiger partial charge in [0.2, 0.25) is 5.13 Å². The number of anilines is 2. The smallest absolute Gasteiger partial charge is 0.281 e. The number of rotatable bonds is 4. The largest absolute Gasteiger partial charge is 0.321 e. The van der Waals surface area contributed by atoms with E-state index in [1.54, 1.807) is 0 Å². The third kappa shape index (κ3) is 3.77. The minimum atomic E-state index is 0.00544. The molecule has 3 heterocycles. The van der Waals surface area contributed by atoms with E-state index in [0.717, 1.165) is 37.0 Å². The Morgan fingerprint density at radius 2 is 2.23 bits per heavy atom.